The number of likely N-dealkylation sites (tertiary alicyclic amines) is 1. The van der Waals surface area contributed by atoms with Gasteiger partial charge in [0.25, 0.3) is 5.91 Å². The fourth-order valence-corrected chi connectivity index (χ4v) is 5.93. The van der Waals surface area contributed by atoms with Crippen LogP contribution in [0.15, 0.2) is 77.7 Å². The average Bonchev–Trinajstić information content (AvgIpc) is 3.34. The summed E-state index contributed by atoms with van der Waals surface area (Å²) < 4.78 is 62.6. The fraction of sp³-hybridized carbons (Fsp3) is 0.367. The van der Waals surface area contributed by atoms with E-state index in [1.54, 1.807) is 55.5 Å². The Morgan fingerprint density at radius 2 is 1.54 bits per heavy atom. The maximum absolute atomic E-state index is 12.9. The van der Waals surface area contributed by atoms with E-state index in [1.807, 2.05) is 12.1 Å². The standard InChI is InChI=1S/C30H33F3N2O3S/c1-3-27-17-25(20-35(27)19-22-5-13-26(14-6-22)30(31,32)33)23-9-11-24(12-10-23)29(36)34-18-21-7-15-28(16-8-21)39(37,38)4-2/h5-16,25,27H,3-4,17-20H2,1-2H3,(H,34,36). The molecule has 1 amide bonds. The molecule has 0 aliphatic carbocycles. The Hall–Kier alpha value is -3.17. The van der Waals surface area contributed by atoms with E-state index in [0.717, 1.165) is 48.2 Å². The molecule has 5 nitrogen and oxygen atoms in total. The van der Waals surface area contributed by atoms with Crippen molar-refractivity contribution in [1.82, 2.24) is 10.2 Å². The number of nitrogens with one attached hydrogen (secondary N) is 1. The Kier molecular flexibility index (Phi) is 8.81. The number of amides is 1. The first-order chi connectivity index (χ1) is 18.5. The number of carbonyl (C=O) groups is 1. The smallest absolute Gasteiger partial charge is 0.348 e. The highest BCUT2D eigenvalue weighted by Crippen LogP contribution is 2.35. The molecule has 0 bridgehead atoms. The van der Waals surface area contributed by atoms with Gasteiger partial charge in [0, 0.05) is 31.2 Å². The van der Waals surface area contributed by atoms with E-state index in [0.29, 0.717) is 18.2 Å². The Morgan fingerprint density at radius 1 is 0.923 bits per heavy atom. The van der Waals surface area contributed by atoms with E-state index in [9.17, 15) is 26.4 Å². The highest BCUT2D eigenvalue weighted by molar-refractivity contribution is 7.91. The molecule has 1 fully saturated rings. The van der Waals surface area contributed by atoms with Crippen molar-refractivity contribution in [1.29, 1.82) is 0 Å². The lowest BCUT2D eigenvalue weighted by Gasteiger charge is -2.23. The van der Waals surface area contributed by atoms with Crippen molar-refractivity contribution in [3.05, 3.63) is 101 Å². The van der Waals surface area contributed by atoms with Crippen molar-refractivity contribution in [3.63, 3.8) is 0 Å². The molecular weight excluding hydrogens is 525 g/mol. The molecule has 2 unspecified atom stereocenters. The van der Waals surface area contributed by atoms with Gasteiger partial charge < -0.3 is 5.32 Å². The summed E-state index contributed by atoms with van der Waals surface area (Å²) in [6, 6.07) is 19.8. The number of hydrogen-bond acceptors (Lipinski definition) is 4. The second-order valence-corrected chi connectivity index (χ2v) is 12.2. The van der Waals surface area contributed by atoms with E-state index in [4.69, 9.17) is 0 Å². The second kappa shape index (κ2) is 11.9. The number of rotatable bonds is 9. The number of alkyl halides is 3. The quantitative estimate of drug-likeness (QED) is 0.340. The summed E-state index contributed by atoms with van der Waals surface area (Å²) in [6.45, 7) is 5.40. The third kappa shape index (κ3) is 7.08. The van der Waals surface area contributed by atoms with E-state index >= 15 is 0 Å². The molecule has 1 aliphatic rings. The van der Waals surface area contributed by atoms with Crippen LogP contribution in [0.4, 0.5) is 13.2 Å². The summed E-state index contributed by atoms with van der Waals surface area (Å²) in [7, 11) is -3.26. The van der Waals surface area contributed by atoms with Crippen molar-refractivity contribution in [2.45, 2.75) is 62.8 Å². The predicted octanol–water partition coefficient (Wildman–Crippen LogP) is 6.20. The van der Waals surface area contributed by atoms with Gasteiger partial charge in [-0.15, -0.1) is 0 Å². The van der Waals surface area contributed by atoms with Gasteiger partial charge in [0.2, 0.25) is 0 Å². The summed E-state index contributed by atoms with van der Waals surface area (Å²) in [5, 5.41) is 2.87. The molecule has 3 aromatic rings. The van der Waals surface area contributed by atoms with Gasteiger partial charge in [-0.3, -0.25) is 9.69 Å². The van der Waals surface area contributed by atoms with Crippen LogP contribution in [-0.4, -0.2) is 37.6 Å². The molecular formula is C30H33F3N2O3S. The number of carbonyl (C=O) groups excluding carboxylic acids is 1. The van der Waals surface area contributed by atoms with Crippen LogP contribution in [0.1, 0.15) is 65.2 Å². The molecule has 9 heteroatoms. The SMILES string of the molecule is CCC1CC(c2ccc(C(=O)NCc3ccc(S(=O)(=O)CC)cc3)cc2)CN1Cc1ccc(C(F)(F)F)cc1. The minimum absolute atomic E-state index is 0.0379. The van der Waals surface area contributed by atoms with Gasteiger partial charge >= 0.3 is 6.18 Å². The van der Waals surface area contributed by atoms with Gasteiger partial charge in [-0.1, -0.05) is 50.2 Å². The third-order valence-electron chi connectivity index (χ3n) is 7.43. The summed E-state index contributed by atoms with van der Waals surface area (Å²) in [5.41, 5.74) is 2.70. The summed E-state index contributed by atoms with van der Waals surface area (Å²) in [6.07, 6.45) is -2.44. The van der Waals surface area contributed by atoms with Gasteiger partial charge in [0.15, 0.2) is 9.84 Å². The molecule has 4 rings (SSSR count). The van der Waals surface area contributed by atoms with Crippen LogP contribution in [0.5, 0.6) is 0 Å². The van der Waals surface area contributed by atoms with Crippen molar-refractivity contribution in [2.24, 2.45) is 0 Å². The van der Waals surface area contributed by atoms with Crippen LogP contribution >= 0.6 is 0 Å². The zero-order chi connectivity index (χ0) is 28.2. The highest BCUT2D eigenvalue weighted by atomic mass is 32.2. The number of halogens is 3. The molecule has 1 aliphatic heterocycles. The molecule has 0 aromatic heterocycles. The molecule has 208 valence electrons. The van der Waals surface area contributed by atoms with Crippen molar-refractivity contribution in [2.75, 3.05) is 12.3 Å². The zero-order valence-electron chi connectivity index (χ0n) is 22.0. The molecule has 2 atom stereocenters. The first-order valence-electron chi connectivity index (χ1n) is 13.1. The van der Waals surface area contributed by atoms with Crippen LogP contribution < -0.4 is 5.32 Å². The zero-order valence-corrected chi connectivity index (χ0v) is 22.9. The number of nitrogens with zero attached hydrogens (tertiary/aromatic N) is 1. The Balaban J connectivity index is 1.34. The summed E-state index contributed by atoms with van der Waals surface area (Å²) in [5.74, 6) is 0.101. The van der Waals surface area contributed by atoms with E-state index in [-0.39, 0.29) is 29.0 Å². The molecule has 1 saturated heterocycles. The maximum Gasteiger partial charge on any atom is 0.416 e. The average molecular weight is 559 g/mol. The number of sulfone groups is 1. The number of hydrogen-bond donors (Lipinski definition) is 1. The van der Waals surface area contributed by atoms with Crippen molar-refractivity contribution < 1.29 is 26.4 Å². The highest BCUT2D eigenvalue weighted by Gasteiger charge is 2.33. The maximum atomic E-state index is 12.9. The minimum atomic E-state index is -4.34. The Labute approximate surface area is 228 Å². The first kappa shape index (κ1) is 28.8. The molecule has 0 spiro atoms. The Bertz CT molecular complexity index is 1370. The monoisotopic (exact) mass is 558 g/mol. The molecule has 3 aromatic carbocycles. The third-order valence-corrected chi connectivity index (χ3v) is 9.18. The van der Waals surface area contributed by atoms with Crippen LogP contribution in [-0.2, 0) is 29.1 Å². The molecule has 1 heterocycles. The lowest BCUT2D eigenvalue weighted by atomic mass is 9.95. The number of benzene rings is 3. The lowest BCUT2D eigenvalue weighted by Crippen LogP contribution is -2.28. The topological polar surface area (TPSA) is 66.5 Å². The van der Waals surface area contributed by atoms with Crippen molar-refractivity contribution >= 4 is 15.7 Å². The predicted molar refractivity (Wildman–Crippen MR) is 145 cm³/mol. The lowest BCUT2D eigenvalue weighted by molar-refractivity contribution is -0.137. The van der Waals surface area contributed by atoms with Crippen LogP contribution in [0.2, 0.25) is 0 Å². The van der Waals surface area contributed by atoms with E-state index < -0.39 is 21.6 Å². The molecule has 1 N–H and O–H groups in total. The van der Waals surface area contributed by atoms with Gasteiger partial charge in [-0.05, 0) is 71.8 Å². The van der Waals surface area contributed by atoms with E-state index in [1.165, 1.54) is 0 Å². The Morgan fingerprint density at radius 3 is 2.10 bits per heavy atom. The first-order valence-corrected chi connectivity index (χ1v) is 14.8. The summed E-state index contributed by atoms with van der Waals surface area (Å²) >= 11 is 0. The van der Waals surface area contributed by atoms with Gasteiger partial charge in [0.05, 0.1) is 16.2 Å². The summed E-state index contributed by atoms with van der Waals surface area (Å²) in [4.78, 5) is 15.3. The van der Waals surface area contributed by atoms with Crippen LogP contribution in [0.25, 0.3) is 0 Å². The fourth-order valence-electron chi connectivity index (χ4n) is 5.05. The minimum Gasteiger partial charge on any atom is -0.348 e. The van der Waals surface area contributed by atoms with Gasteiger partial charge in [-0.2, -0.15) is 13.2 Å². The molecule has 0 saturated carbocycles. The van der Waals surface area contributed by atoms with Crippen molar-refractivity contribution in [3.8, 4) is 0 Å². The van der Waals surface area contributed by atoms with Crippen LogP contribution in [0.3, 0.4) is 0 Å². The van der Waals surface area contributed by atoms with Crippen LogP contribution in [0, 0.1) is 0 Å². The van der Waals surface area contributed by atoms with Gasteiger partial charge in [0.1, 0.15) is 0 Å². The molecule has 39 heavy (non-hydrogen) atoms. The van der Waals surface area contributed by atoms with Gasteiger partial charge in [-0.25, -0.2) is 8.42 Å². The van der Waals surface area contributed by atoms with E-state index in [2.05, 4.69) is 17.1 Å². The second-order valence-electron chi connectivity index (χ2n) is 9.97. The largest absolute Gasteiger partial charge is 0.416 e. The normalized spacial score (nSPS) is 18.3. The molecule has 0 radical (unpaired) electrons.